The highest BCUT2D eigenvalue weighted by atomic mass is 32.2. The number of nitrogens with one attached hydrogen (secondary N) is 1. The van der Waals surface area contributed by atoms with Crippen LogP contribution < -0.4 is 4.72 Å². The molecule has 0 aliphatic heterocycles. The fourth-order valence-electron chi connectivity index (χ4n) is 2.22. The van der Waals surface area contributed by atoms with E-state index in [-0.39, 0.29) is 11.3 Å². The van der Waals surface area contributed by atoms with Crippen molar-refractivity contribution in [3.8, 4) is 0 Å². The van der Waals surface area contributed by atoms with Gasteiger partial charge < -0.3 is 5.11 Å². The zero-order valence-electron chi connectivity index (χ0n) is 13.0. The summed E-state index contributed by atoms with van der Waals surface area (Å²) in [7, 11) is -3.66. The molecule has 0 atom stereocenters. The quantitative estimate of drug-likeness (QED) is 0.851. The molecular formula is C17H19NO4S. The number of carbonyl (C=O) groups is 1. The van der Waals surface area contributed by atoms with E-state index in [0.29, 0.717) is 12.1 Å². The third-order valence-electron chi connectivity index (χ3n) is 3.49. The van der Waals surface area contributed by atoms with Gasteiger partial charge in [-0.2, -0.15) is 0 Å². The highest BCUT2D eigenvalue weighted by Crippen LogP contribution is 2.21. The molecular weight excluding hydrogens is 314 g/mol. The van der Waals surface area contributed by atoms with Crippen LogP contribution in [0.1, 0.15) is 23.1 Å². The summed E-state index contributed by atoms with van der Waals surface area (Å²) in [6.45, 7) is 3.79. The van der Waals surface area contributed by atoms with Crippen LogP contribution in [0.25, 0.3) is 0 Å². The van der Waals surface area contributed by atoms with Crippen molar-refractivity contribution < 1.29 is 18.3 Å². The molecule has 0 saturated heterocycles. The predicted octanol–water partition coefficient (Wildman–Crippen LogP) is 3.12. The van der Waals surface area contributed by atoms with E-state index >= 15 is 0 Å². The topological polar surface area (TPSA) is 83.5 Å². The van der Waals surface area contributed by atoms with Crippen LogP contribution in [0.3, 0.4) is 0 Å². The molecule has 2 N–H and O–H groups in total. The molecule has 0 fully saturated rings. The number of sulfonamides is 1. The van der Waals surface area contributed by atoms with Gasteiger partial charge in [0.15, 0.2) is 0 Å². The summed E-state index contributed by atoms with van der Waals surface area (Å²) in [4.78, 5) is 10.7. The maximum atomic E-state index is 12.4. The second-order valence-electron chi connectivity index (χ2n) is 5.46. The van der Waals surface area contributed by atoms with E-state index < -0.39 is 16.0 Å². The van der Waals surface area contributed by atoms with Crippen LogP contribution in [-0.4, -0.2) is 19.5 Å². The van der Waals surface area contributed by atoms with Gasteiger partial charge in [-0.3, -0.25) is 9.52 Å². The Bertz CT molecular complexity index is 811. The lowest BCUT2D eigenvalue weighted by molar-refractivity contribution is -0.136. The van der Waals surface area contributed by atoms with Crippen molar-refractivity contribution in [2.24, 2.45) is 0 Å². The van der Waals surface area contributed by atoms with E-state index in [2.05, 4.69) is 4.72 Å². The molecule has 0 radical (unpaired) electrons. The number of hydrogen-bond acceptors (Lipinski definition) is 3. The Morgan fingerprint density at radius 3 is 2.30 bits per heavy atom. The molecule has 23 heavy (non-hydrogen) atoms. The number of aliphatic carboxylic acids is 1. The van der Waals surface area contributed by atoms with Crippen molar-refractivity contribution in [2.45, 2.75) is 31.6 Å². The van der Waals surface area contributed by atoms with Crippen LogP contribution in [0.15, 0.2) is 47.4 Å². The first kappa shape index (κ1) is 17.0. The minimum Gasteiger partial charge on any atom is -0.481 e. The van der Waals surface area contributed by atoms with Gasteiger partial charge in [-0.15, -0.1) is 0 Å². The lowest BCUT2D eigenvalue weighted by atomic mass is 10.1. The van der Waals surface area contributed by atoms with Crippen LogP contribution in [0.4, 0.5) is 5.69 Å². The molecule has 122 valence electrons. The van der Waals surface area contributed by atoms with Gasteiger partial charge in [0.2, 0.25) is 0 Å². The van der Waals surface area contributed by atoms with Gasteiger partial charge >= 0.3 is 5.97 Å². The molecule has 5 nitrogen and oxygen atoms in total. The third-order valence-corrected chi connectivity index (χ3v) is 4.87. The molecule has 0 unspecified atom stereocenters. The number of aryl methyl sites for hydroxylation is 3. The molecule has 0 spiro atoms. The fraction of sp³-hybridized carbons (Fsp3) is 0.235. The molecule has 6 heteroatoms. The molecule has 0 heterocycles. The third kappa shape index (κ3) is 4.56. The van der Waals surface area contributed by atoms with Gasteiger partial charge in [-0.25, -0.2) is 8.42 Å². The molecule has 0 aliphatic rings. The van der Waals surface area contributed by atoms with E-state index in [9.17, 15) is 13.2 Å². The van der Waals surface area contributed by atoms with Crippen LogP contribution in [0.2, 0.25) is 0 Å². The molecule has 0 aliphatic carbocycles. The van der Waals surface area contributed by atoms with Crippen LogP contribution in [0.5, 0.6) is 0 Å². The van der Waals surface area contributed by atoms with Crippen molar-refractivity contribution in [3.63, 3.8) is 0 Å². The van der Waals surface area contributed by atoms with E-state index in [4.69, 9.17) is 5.11 Å². The monoisotopic (exact) mass is 333 g/mol. The fourth-order valence-corrected chi connectivity index (χ4v) is 3.35. The summed E-state index contributed by atoms with van der Waals surface area (Å²) >= 11 is 0. The molecule has 0 amide bonds. The second-order valence-corrected chi connectivity index (χ2v) is 7.14. The van der Waals surface area contributed by atoms with Gasteiger partial charge in [-0.1, -0.05) is 29.8 Å². The van der Waals surface area contributed by atoms with Crippen molar-refractivity contribution in [3.05, 3.63) is 59.2 Å². The van der Waals surface area contributed by atoms with Crippen molar-refractivity contribution in [1.82, 2.24) is 0 Å². The number of carboxylic acids is 1. The highest BCUT2D eigenvalue weighted by molar-refractivity contribution is 7.92. The number of benzene rings is 2. The average Bonchev–Trinajstić information content (AvgIpc) is 2.48. The highest BCUT2D eigenvalue weighted by Gasteiger charge is 2.15. The maximum Gasteiger partial charge on any atom is 0.303 e. The summed E-state index contributed by atoms with van der Waals surface area (Å²) in [5.74, 6) is -0.877. The standard InChI is InChI=1S/C17H19NO4S/c1-12-3-9-16(13(2)11-12)18-23(21,22)15-7-4-14(5-8-15)6-10-17(19)20/h3-5,7-9,11,18H,6,10H2,1-2H3,(H,19,20). The van der Waals surface area contributed by atoms with Gasteiger partial charge in [0.05, 0.1) is 10.6 Å². The summed E-state index contributed by atoms with van der Waals surface area (Å²) in [6.07, 6.45) is 0.396. The van der Waals surface area contributed by atoms with Crippen molar-refractivity contribution in [1.29, 1.82) is 0 Å². The molecule has 2 rings (SSSR count). The Hall–Kier alpha value is -2.34. The predicted molar refractivity (Wildman–Crippen MR) is 89.1 cm³/mol. The van der Waals surface area contributed by atoms with Crippen LogP contribution in [0, 0.1) is 13.8 Å². The normalized spacial score (nSPS) is 11.2. The van der Waals surface area contributed by atoms with Gasteiger partial charge in [0.1, 0.15) is 0 Å². The SMILES string of the molecule is Cc1ccc(NS(=O)(=O)c2ccc(CCC(=O)O)cc2)c(C)c1. The first-order valence-corrected chi connectivity index (χ1v) is 8.67. The molecule has 0 saturated carbocycles. The Labute approximate surface area is 136 Å². The van der Waals surface area contributed by atoms with Crippen molar-refractivity contribution >= 4 is 21.7 Å². The second kappa shape index (κ2) is 6.83. The molecule has 2 aromatic carbocycles. The Morgan fingerprint density at radius 1 is 1.09 bits per heavy atom. The Balaban J connectivity index is 2.17. The van der Waals surface area contributed by atoms with E-state index in [1.165, 1.54) is 12.1 Å². The van der Waals surface area contributed by atoms with Gasteiger partial charge in [-0.05, 0) is 49.6 Å². The smallest absolute Gasteiger partial charge is 0.303 e. The van der Waals surface area contributed by atoms with Gasteiger partial charge in [0, 0.05) is 6.42 Å². The van der Waals surface area contributed by atoms with E-state index in [0.717, 1.165) is 16.7 Å². The summed E-state index contributed by atoms with van der Waals surface area (Å²) in [5.41, 5.74) is 3.25. The molecule has 0 aromatic heterocycles. The van der Waals surface area contributed by atoms with Crippen molar-refractivity contribution in [2.75, 3.05) is 4.72 Å². The average molecular weight is 333 g/mol. The molecule has 2 aromatic rings. The number of anilines is 1. The minimum absolute atomic E-state index is 0.0207. The lowest BCUT2D eigenvalue weighted by Crippen LogP contribution is -2.13. The summed E-state index contributed by atoms with van der Waals surface area (Å²) in [5, 5.41) is 8.66. The van der Waals surface area contributed by atoms with E-state index in [1.807, 2.05) is 26.0 Å². The summed E-state index contributed by atoms with van der Waals surface area (Å²) < 4.78 is 27.4. The number of carboxylic acid groups (broad SMARTS) is 1. The zero-order valence-corrected chi connectivity index (χ0v) is 13.9. The largest absolute Gasteiger partial charge is 0.481 e. The number of hydrogen-bond donors (Lipinski definition) is 2. The summed E-state index contributed by atoms with van der Waals surface area (Å²) in [6, 6.07) is 11.8. The first-order valence-electron chi connectivity index (χ1n) is 7.19. The molecule has 0 bridgehead atoms. The van der Waals surface area contributed by atoms with Gasteiger partial charge in [0.25, 0.3) is 10.0 Å². The van der Waals surface area contributed by atoms with Crippen LogP contribution in [-0.2, 0) is 21.2 Å². The minimum atomic E-state index is -3.66. The first-order chi connectivity index (χ1) is 10.8. The van der Waals surface area contributed by atoms with E-state index in [1.54, 1.807) is 18.2 Å². The number of rotatable bonds is 6. The zero-order chi connectivity index (χ0) is 17.0. The Morgan fingerprint density at radius 2 is 1.74 bits per heavy atom. The lowest BCUT2D eigenvalue weighted by Gasteiger charge is -2.11. The maximum absolute atomic E-state index is 12.4. The Kier molecular flexibility index (Phi) is 5.05. The van der Waals surface area contributed by atoms with Crippen LogP contribution >= 0.6 is 0 Å².